The number of benzene rings is 1. The van der Waals surface area contributed by atoms with Gasteiger partial charge in [0.05, 0.1) is 0 Å². The smallest absolute Gasteiger partial charge is 0.408 e. The third-order valence-corrected chi connectivity index (χ3v) is 4.70. The number of carbonyl (C=O) groups is 1. The van der Waals surface area contributed by atoms with Crippen molar-refractivity contribution >= 4 is 6.09 Å². The maximum Gasteiger partial charge on any atom is 0.408 e. The summed E-state index contributed by atoms with van der Waals surface area (Å²) in [5.41, 5.74) is 0.701. The first-order valence-electron chi connectivity index (χ1n) is 8.58. The Labute approximate surface area is 157 Å². The van der Waals surface area contributed by atoms with Crippen molar-refractivity contribution in [2.45, 2.75) is 30.9 Å². The molecule has 1 aromatic heterocycles. The molecule has 2 atom stereocenters. The Morgan fingerprint density at radius 1 is 1.21 bits per heavy atom. The lowest BCUT2D eigenvalue weighted by atomic mass is 9.82. The van der Waals surface area contributed by atoms with E-state index in [9.17, 15) is 22.4 Å². The van der Waals surface area contributed by atoms with E-state index in [0.29, 0.717) is 11.1 Å². The van der Waals surface area contributed by atoms with Crippen LogP contribution in [0, 0.1) is 29.5 Å². The summed E-state index contributed by atoms with van der Waals surface area (Å²) in [7, 11) is 0. The minimum absolute atomic E-state index is 0.0193. The highest BCUT2D eigenvalue weighted by molar-refractivity contribution is 5.71. The summed E-state index contributed by atoms with van der Waals surface area (Å²) in [6, 6.07) is 5.91. The molecule has 2 heterocycles. The van der Waals surface area contributed by atoms with Crippen LogP contribution in [-0.4, -0.2) is 17.0 Å². The third-order valence-electron chi connectivity index (χ3n) is 4.70. The van der Waals surface area contributed by atoms with Crippen molar-refractivity contribution in [1.82, 2.24) is 10.3 Å². The molecule has 1 amide bonds. The topological polar surface area (TPSA) is 51.2 Å². The van der Waals surface area contributed by atoms with Gasteiger partial charge in [-0.05, 0) is 23.8 Å². The van der Waals surface area contributed by atoms with E-state index in [4.69, 9.17) is 4.74 Å². The van der Waals surface area contributed by atoms with Gasteiger partial charge >= 0.3 is 6.09 Å². The van der Waals surface area contributed by atoms with Gasteiger partial charge in [0, 0.05) is 36.1 Å². The molecule has 0 spiro atoms. The van der Waals surface area contributed by atoms with Gasteiger partial charge in [0.25, 0.3) is 5.92 Å². The number of nitrogens with zero attached hydrogens (tertiary/aromatic N) is 1. The molecule has 4 nitrogen and oxygen atoms in total. The Morgan fingerprint density at radius 3 is 2.71 bits per heavy atom. The average Bonchev–Trinajstić information content (AvgIpc) is 3.01. The number of nitrogens with one attached hydrogen (secondary N) is 1. The SMILES string of the molecule is O=C1NC(c2cc(C#CC3CC(F)(F)C3)cnc2F)C(c2cccc(F)c2)O1. The van der Waals surface area contributed by atoms with Crippen LogP contribution in [0.1, 0.15) is 41.7 Å². The molecule has 8 heteroatoms. The van der Waals surface area contributed by atoms with Gasteiger partial charge in [0.2, 0.25) is 5.95 Å². The van der Waals surface area contributed by atoms with Gasteiger partial charge in [0.1, 0.15) is 11.9 Å². The number of amides is 1. The number of alkyl halides is 2. The average molecular weight is 390 g/mol. The molecule has 1 N–H and O–H groups in total. The Kier molecular flexibility index (Phi) is 4.46. The van der Waals surface area contributed by atoms with E-state index in [2.05, 4.69) is 22.1 Å². The van der Waals surface area contributed by atoms with Gasteiger partial charge in [-0.25, -0.2) is 22.9 Å². The van der Waals surface area contributed by atoms with Crippen LogP contribution in [-0.2, 0) is 4.74 Å². The van der Waals surface area contributed by atoms with Crippen molar-refractivity contribution < 1.29 is 27.1 Å². The van der Waals surface area contributed by atoms with Gasteiger partial charge in [0.15, 0.2) is 6.10 Å². The lowest BCUT2D eigenvalue weighted by Crippen LogP contribution is -2.34. The molecule has 2 aromatic rings. The highest BCUT2D eigenvalue weighted by Crippen LogP contribution is 2.42. The summed E-state index contributed by atoms with van der Waals surface area (Å²) in [4.78, 5) is 15.4. The van der Waals surface area contributed by atoms with Crippen molar-refractivity contribution in [3.05, 3.63) is 65.0 Å². The maximum absolute atomic E-state index is 14.4. The predicted molar refractivity (Wildman–Crippen MR) is 90.2 cm³/mol. The molecule has 1 saturated heterocycles. The molecular weight excluding hydrogens is 376 g/mol. The van der Waals surface area contributed by atoms with Crippen molar-refractivity contribution in [2.24, 2.45) is 5.92 Å². The minimum Gasteiger partial charge on any atom is -0.439 e. The molecule has 0 radical (unpaired) electrons. The molecule has 28 heavy (non-hydrogen) atoms. The number of hydrogen-bond acceptors (Lipinski definition) is 3. The van der Waals surface area contributed by atoms with Crippen LogP contribution >= 0.6 is 0 Å². The molecule has 2 fully saturated rings. The van der Waals surface area contributed by atoms with Crippen molar-refractivity contribution in [1.29, 1.82) is 0 Å². The number of hydrogen-bond donors (Lipinski definition) is 1. The molecule has 1 aromatic carbocycles. The molecule has 4 rings (SSSR count). The molecule has 144 valence electrons. The van der Waals surface area contributed by atoms with E-state index in [1.54, 1.807) is 6.07 Å². The fourth-order valence-electron chi connectivity index (χ4n) is 3.31. The van der Waals surface area contributed by atoms with E-state index in [-0.39, 0.29) is 18.4 Å². The zero-order valence-electron chi connectivity index (χ0n) is 14.4. The van der Waals surface area contributed by atoms with Crippen molar-refractivity contribution in [2.75, 3.05) is 0 Å². The molecule has 2 aliphatic rings. The predicted octanol–water partition coefficient (Wildman–Crippen LogP) is 4.28. The summed E-state index contributed by atoms with van der Waals surface area (Å²) >= 11 is 0. The van der Waals surface area contributed by atoms with Gasteiger partial charge in [-0.1, -0.05) is 24.0 Å². The number of ether oxygens (including phenoxy) is 1. The highest BCUT2D eigenvalue weighted by Gasteiger charge is 2.44. The van der Waals surface area contributed by atoms with Crippen molar-refractivity contribution in [3.8, 4) is 11.8 Å². The summed E-state index contributed by atoms with van der Waals surface area (Å²) in [5, 5.41) is 2.49. The van der Waals surface area contributed by atoms with E-state index in [1.165, 1.54) is 30.5 Å². The van der Waals surface area contributed by atoms with E-state index >= 15 is 0 Å². The van der Waals surface area contributed by atoms with Crippen molar-refractivity contribution in [3.63, 3.8) is 0 Å². The fourth-order valence-corrected chi connectivity index (χ4v) is 3.31. The molecule has 2 unspecified atom stereocenters. The van der Waals surface area contributed by atoms with Crippen LogP contribution in [0.5, 0.6) is 0 Å². The number of aromatic nitrogens is 1. The zero-order chi connectivity index (χ0) is 19.9. The fraction of sp³-hybridized carbons (Fsp3) is 0.300. The lowest BCUT2D eigenvalue weighted by Gasteiger charge is -2.31. The Hall–Kier alpha value is -3.08. The number of pyridine rings is 1. The first-order valence-corrected chi connectivity index (χ1v) is 8.58. The monoisotopic (exact) mass is 390 g/mol. The Morgan fingerprint density at radius 2 is 2.00 bits per heavy atom. The number of alkyl carbamates (subject to hydrolysis) is 1. The van der Waals surface area contributed by atoms with Gasteiger partial charge in [-0.2, -0.15) is 4.39 Å². The number of rotatable bonds is 2. The van der Waals surface area contributed by atoms with Crippen LogP contribution in [0.2, 0.25) is 0 Å². The van der Waals surface area contributed by atoms with Crippen LogP contribution in [0.3, 0.4) is 0 Å². The highest BCUT2D eigenvalue weighted by atomic mass is 19.3. The summed E-state index contributed by atoms with van der Waals surface area (Å²) in [6.45, 7) is 0. The van der Waals surface area contributed by atoms with Gasteiger partial charge in [-0.3, -0.25) is 0 Å². The van der Waals surface area contributed by atoms with Gasteiger partial charge in [-0.15, -0.1) is 0 Å². The maximum atomic E-state index is 14.4. The van der Waals surface area contributed by atoms with Gasteiger partial charge < -0.3 is 10.1 Å². The quantitative estimate of drug-likeness (QED) is 0.473. The molecular formula is C20H14F4N2O2. The van der Waals surface area contributed by atoms with Crippen LogP contribution in [0.25, 0.3) is 0 Å². The van der Waals surface area contributed by atoms with E-state index in [1.807, 2.05) is 0 Å². The minimum atomic E-state index is -2.67. The summed E-state index contributed by atoms with van der Waals surface area (Å²) in [6.07, 6.45) is -1.12. The Bertz CT molecular complexity index is 991. The second-order valence-corrected chi connectivity index (χ2v) is 6.84. The number of halogens is 4. The van der Waals surface area contributed by atoms with Crippen LogP contribution in [0.15, 0.2) is 36.5 Å². The zero-order valence-corrected chi connectivity index (χ0v) is 14.4. The molecule has 1 aliphatic carbocycles. The second-order valence-electron chi connectivity index (χ2n) is 6.84. The van der Waals surface area contributed by atoms with E-state index in [0.717, 1.165) is 0 Å². The largest absolute Gasteiger partial charge is 0.439 e. The second kappa shape index (κ2) is 6.82. The first-order chi connectivity index (χ1) is 13.3. The molecule has 1 aliphatic heterocycles. The standard InChI is InChI=1S/C20H14F4N2O2/c21-14-3-1-2-13(7-14)17-16(26-19(27)28-17)15-6-11(10-25-18(15)22)4-5-12-8-20(23,24)9-12/h1-3,6-7,10,12,16-17H,8-9H2,(H,26,27). The first kappa shape index (κ1) is 18.3. The van der Waals surface area contributed by atoms with Crippen LogP contribution < -0.4 is 5.32 Å². The number of carbonyl (C=O) groups excluding carboxylic acids is 1. The van der Waals surface area contributed by atoms with E-state index < -0.39 is 41.8 Å². The Balaban J connectivity index is 1.62. The molecule has 1 saturated carbocycles. The normalized spacial score (nSPS) is 23.2. The number of cyclic esters (lactones) is 1. The summed E-state index contributed by atoms with van der Waals surface area (Å²) in [5.74, 6) is 1.01. The van der Waals surface area contributed by atoms with Crippen LogP contribution in [0.4, 0.5) is 22.4 Å². The lowest BCUT2D eigenvalue weighted by molar-refractivity contribution is -0.0936. The third kappa shape index (κ3) is 3.65. The molecule has 0 bridgehead atoms. The summed E-state index contributed by atoms with van der Waals surface area (Å²) < 4.78 is 58.9.